The molecular formula is C34H48Cl2N8O4. The van der Waals surface area contributed by atoms with Crippen molar-refractivity contribution in [3.63, 3.8) is 0 Å². The molecule has 1 saturated heterocycles. The van der Waals surface area contributed by atoms with E-state index in [0.717, 1.165) is 68.6 Å². The summed E-state index contributed by atoms with van der Waals surface area (Å²) in [5.74, 6) is 0.885. The average molecular weight is 704 g/mol. The Bertz CT molecular complexity index is 1530. The zero-order valence-electron chi connectivity index (χ0n) is 27.7. The number of hydrazone groups is 1. The first-order chi connectivity index (χ1) is 22.3. The van der Waals surface area contributed by atoms with Crippen molar-refractivity contribution in [2.45, 2.75) is 84.0 Å². The van der Waals surface area contributed by atoms with E-state index < -0.39 is 0 Å². The highest BCUT2D eigenvalue weighted by Gasteiger charge is 2.23. The molecule has 4 N–H and O–H groups in total. The number of rotatable bonds is 13. The third-order valence-corrected chi connectivity index (χ3v) is 8.57. The summed E-state index contributed by atoms with van der Waals surface area (Å²) in [6, 6.07) is 13.3. The van der Waals surface area contributed by atoms with Gasteiger partial charge in [0.2, 0.25) is 5.91 Å². The molecule has 0 bridgehead atoms. The predicted octanol–water partition coefficient (Wildman–Crippen LogP) is 5.03. The van der Waals surface area contributed by atoms with Crippen molar-refractivity contribution in [1.29, 1.82) is 5.41 Å². The van der Waals surface area contributed by atoms with E-state index in [9.17, 15) is 9.59 Å². The number of nitrogens with zero attached hydrogens (tertiary/aromatic N) is 5. The first-order valence-electron chi connectivity index (χ1n) is 16.4. The van der Waals surface area contributed by atoms with Gasteiger partial charge in [0.15, 0.2) is 0 Å². The maximum atomic E-state index is 13.3. The second kappa shape index (κ2) is 18.5. The van der Waals surface area contributed by atoms with Crippen LogP contribution >= 0.6 is 24.8 Å². The Morgan fingerprint density at radius 1 is 1.08 bits per heavy atom. The zero-order valence-corrected chi connectivity index (χ0v) is 29.4. The van der Waals surface area contributed by atoms with Crippen molar-refractivity contribution in [2.75, 3.05) is 31.1 Å². The minimum absolute atomic E-state index is 0. The highest BCUT2D eigenvalue weighted by molar-refractivity contribution is 5.98. The number of amidine groups is 1. The fraction of sp³-hybridized carbons (Fsp3) is 0.500. The Kier molecular flexibility index (Phi) is 14.8. The molecule has 12 nitrogen and oxygen atoms in total. The summed E-state index contributed by atoms with van der Waals surface area (Å²) in [5.41, 5.74) is 8.51. The largest absolute Gasteiger partial charge is 0.490 e. The third kappa shape index (κ3) is 10.2. The van der Waals surface area contributed by atoms with Crippen molar-refractivity contribution < 1.29 is 19.1 Å². The molecule has 0 atom stereocenters. The Balaban J connectivity index is 0.00000312. The molecule has 0 spiro atoms. The van der Waals surface area contributed by atoms with Crippen LogP contribution in [0.25, 0.3) is 11.0 Å². The number of imidazole rings is 1. The van der Waals surface area contributed by atoms with E-state index in [1.807, 2.05) is 52.9 Å². The number of ether oxygens (including phenoxy) is 2. The number of benzene rings is 2. The number of carbonyl (C=O) groups excluding carboxylic acids is 2. The van der Waals surface area contributed by atoms with E-state index in [1.165, 1.54) is 6.42 Å². The summed E-state index contributed by atoms with van der Waals surface area (Å²) in [5, 5.41) is 17.5. The summed E-state index contributed by atoms with van der Waals surface area (Å²) in [4.78, 5) is 32.8. The number of piperidine rings is 1. The fourth-order valence-corrected chi connectivity index (χ4v) is 6.25. The summed E-state index contributed by atoms with van der Waals surface area (Å²) in [7, 11) is 0. The van der Waals surface area contributed by atoms with Crippen molar-refractivity contribution in [3.8, 4) is 5.75 Å². The molecule has 3 aromatic rings. The predicted molar refractivity (Wildman–Crippen MR) is 194 cm³/mol. The molecule has 0 unspecified atom stereocenters. The van der Waals surface area contributed by atoms with E-state index >= 15 is 0 Å². The molecule has 2 aromatic carbocycles. The number of anilines is 1. The van der Waals surface area contributed by atoms with Crippen molar-refractivity contribution in [2.24, 2.45) is 10.8 Å². The summed E-state index contributed by atoms with van der Waals surface area (Å²) < 4.78 is 13.5. The molecule has 2 fully saturated rings. The van der Waals surface area contributed by atoms with Gasteiger partial charge in [-0.3, -0.25) is 20.0 Å². The van der Waals surface area contributed by atoms with E-state index in [1.54, 1.807) is 19.1 Å². The van der Waals surface area contributed by atoms with Gasteiger partial charge >= 0.3 is 5.97 Å². The Labute approximate surface area is 294 Å². The van der Waals surface area contributed by atoms with Crippen LogP contribution in [0.4, 0.5) is 5.69 Å². The molecule has 14 heteroatoms. The minimum Gasteiger partial charge on any atom is -0.490 e. The van der Waals surface area contributed by atoms with Gasteiger partial charge in [0, 0.05) is 49.4 Å². The SMILES string of the molecule is C/C=N/N1CCC(Oc2ccc(N(CC(=O)OCC)Cc3nc4cc(C(=N)N)ccc4n3CC(=O)NC3CCCCC3)cc2)CC1.Cl.Cl. The van der Waals surface area contributed by atoms with Gasteiger partial charge in [-0.15, -0.1) is 24.8 Å². The van der Waals surface area contributed by atoms with E-state index in [0.29, 0.717) is 16.9 Å². The lowest BCUT2D eigenvalue weighted by atomic mass is 9.95. The maximum absolute atomic E-state index is 13.3. The smallest absolute Gasteiger partial charge is 0.325 e. The second-order valence-electron chi connectivity index (χ2n) is 11.9. The molecule has 1 amide bonds. The van der Waals surface area contributed by atoms with Crippen LogP contribution in [0.3, 0.4) is 0 Å². The number of hydrogen-bond acceptors (Lipinski definition) is 9. The number of fused-ring (bicyclic) bond motifs is 1. The lowest BCUT2D eigenvalue weighted by Crippen LogP contribution is -2.38. The molecule has 48 heavy (non-hydrogen) atoms. The second-order valence-corrected chi connectivity index (χ2v) is 11.9. The highest BCUT2D eigenvalue weighted by Crippen LogP contribution is 2.26. The number of halogens is 2. The van der Waals surface area contributed by atoms with Crippen LogP contribution in [0.5, 0.6) is 5.75 Å². The number of nitrogen functional groups attached to an aromatic ring is 1. The van der Waals surface area contributed by atoms with Crippen LogP contribution in [0.2, 0.25) is 0 Å². The highest BCUT2D eigenvalue weighted by atomic mass is 35.5. The van der Waals surface area contributed by atoms with Gasteiger partial charge in [-0.2, -0.15) is 5.10 Å². The summed E-state index contributed by atoms with van der Waals surface area (Å²) in [6.07, 6.45) is 9.15. The molecule has 1 aliphatic heterocycles. The molecule has 1 aromatic heterocycles. The van der Waals surface area contributed by atoms with E-state index in [4.69, 9.17) is 25.6 Å². The zero-order chi connectivity index (χ0) is 32.5. The monoisotopic (exact) mass is 702 g/mol. The molecule has 2 aliphatic rings. The third-order valence-electron chi connectivity index (χ3n) is 8.57. The van der Waals surface area contributed by atoms with Crippen LogP contribution in [0.15, 0.2) is 47.6 Å². The minimum atomic E-state index is -0.360. The van der Waals surface area contributed by atoms with Gasteiger partial charge < -0.3 is 30.0 Å². The van der Waals surface area contributed by atoms with Gasteiger partial charge in [0.05, 0.1) is 24.2 Å². The molecule has 0 radical (unpaired) electrons. The van der Waals surface area contributed by atoms with Gasteiger partial charge in [-0.1, -0.05) is 19.3 Å². The Morgan fingerprint density at radius 2 is 1.79 bits per heavy atom. The molecule has 262 valence electrons. The molecule has 1 aliphatic carbocycles. The quantitative estimate of drug-likeness (QED) is 0.127. The maximum Gasteiger partial charge on any atom is 0.325 e. The number of nitrogens with one attached hydrogen (secondary N) is 2. The molecule has 2 heterocycles. The van der Waals surface area contributed by atoms with Gasteiger partial charge in [-0.25, -0.2) is 4.98 Å². The van der Waals surface area contributed by atoms with Gasteiger partial charge in [-0.05, 0) is 69.2 Å². The standard InChI is InChI=1S/C34H46N8O4.2ClH/c1-3-37-41-18-16-28(17-19-41)46-27-13-11-26(12-14-27)40(23-33(44)45-4-2)21-31-39-29-20-24(34(35)36)10-15-30(29)42(31)22-32(43)38-25-8-6-5-7-9-25;;/h3,10-15,20,25,28H,4-9,16-19,21-23H2,1-2H3,(H3,35,36)(H,38,43);2*1H/b37-3+;;. The first kappa shape index (κ1) is 38.4. The van der Waals surface area contributed by atoms with Crippen LogP contribution in [0.1, 0.15) is 70.2 Å². The molecule has 5 rings (SSSR count). The van der Waals surface area contributed by atoms with Gasteiger partial charge in [0.25, 0.3) is 0 Å². The van der Waals surface area contributed by atoms with Crippen molar-refractivity contribution in [3.05, 3.63) is 53.9 Å². The van der Waals surface area contributed by atoms with Crippen LogP contribution < -0.4 is 20.7 Å². The number of carbonyl (C=O) groups is 2. The number of amides is 1. The van der Waals surface area contributed by atoms with Crippen LogP contribution in [-0.2, 0) is 27.4 Å². The van der Waals surface area contributed by atoms with E-state index in [-0.39, 0.29) is 80.9 Å². The van der Waals surface area contributed by atoms with Crippen LogP contribution in [-0.4, -0.2) is 76.9 Å². The van der Waals surface area contributed by atoms with Crippen molar-refractivity contribution in [1.82, 2.24) is 19.9 Å². The Hall–Kier alpha value is -4.03. The topological polar surface area (TPSA) is 151 Å². The summed E-state index contributed by atoms with van der Waals surface area (Å²) in [6.45, 7) is 6.02. The average Bonchev–Trinajstić information content (AvgIpc) is 3.38. The lowest BCUT2D eigenvalue weighted by Gasteiger charge is -2.30. The number of nitrogens with two attached hydrogens (primary N) is 1. The first-order valence-corrected chi connectivity index (χ1v) is 16.4. The molecular weight excluding hydrogens is 655 g/mol. The normalized spacial score (nSPS) is 15.4. The number of esters is 1. The van der Waals surface area contributed by atoms with Crippen molar-refractivity contribution >= 4 is 65.5 Å². The van der Waals surface area contributed by atoms with E-state index in [2.05, 4.69) is 15.4 Å². The number of aromatic nitrogens is 2. The summed E-state index contributed by atoms with van der Waals surface area (Å²) >= 11 is 0. The fourth-order valence-electron chi connectivity index (χ4n) is 6.25. The Morgan fingerprint density at radius 3 is 2.44 bits per heavy atom. The number of hydrogen-bond donors (Lipinski definition) is 3. The van der Waals surface area contributed by atoms with Gasteiger partial charge in [0.1, 0.15) is 36.6 Å². The lowest BCUT2D eigenvalue weighted by molar-refractivity contribution is -0.141. The molecule has 1 saturated carbocycles. The van der Waals surface area contributed by atoms with Crippen LogP contribution in [0, 0.1) is 5.41 Å².